The summed E-state index contributed by atoms with van der Waals surface area (Å²) in [6.07, 6.45) is 0.322. The van der Waals surface area contributed by atoms with E-state index in [1.54, 1.807) is 12.0 Å². The molecule has 3 atom stereocenters. The van der Waals surface area contributed by atoms with Crippen LogP contribution in [0.4, 0.5) is 0 Å². The zero-order valence-electron chi connectivity index (χ0n) is 11.9. The van der Waals surface area contributed by atoms with Gasteiger partial charge in [-0.15, -0.1) is 0 Å². The summed E-state index contributed by atoms with van der Waals surface area (Å²) in [5.41, 5.74) is 0. The van der Waals surface area contributed by atoms with Crippen molar-refractivity contribution in [3.63, 3.8) is 0 Å². The maximum Gasteiger partial charge on any atom is 0.245 e. The van der Waals surface area contributed by atoms with Crippen molar-refractivity contribution in [3.05, 3.63) is 0 Å². The minimum Gasteiger partial charge on any atom is -0.380 e. The molecule has 1 fully saturated rings. The Morgan fingerprint density at radius 3 is 2.50 bits per heavy atom. The molecule has 0 aromatic heterocycles. The van der Waals surface area contributed by atoms with Crippen molar-refractivity contribution < 1.29 is 14.3 Å². The largest absolute Gasteiger partial charge is 0.380 e. The van der Waals surface area contributed by atoms with Crippen LogP contribution in [0.25, 0.3) is 0 Å². The maximum absolute atomic E-state index is 12.5. The molecule has 3 unspecified atom stereocenters. The zero-order valence-corrected chi connectivity index (χ0v) is 11.9. The first kappa shape index (κ1) is 15.0. The highest BCUT2D eigenvalue weighted by Gasteiger charge is 2.35. The third-order valence-electron chi connectivity index (χ3n) is 3.40. The number of methoxy groups -OCH3 is 1. The fraction of sp³-hybridized carbons (Fsp3) is 0.846. The summed E-state index contributed by atoms with van der Waals surface area (Å²) < 4.78 is 5.21. The third kappa shape index (κ3) is 3.45. The molecule has 1 heterocycles. The summed E-state index contributed by atoms with van der Waals surface area (Å²) in [5.74, 6) is 0.0291. The van der Waals surface area contributed by atoms with Gasteiger partial charge in [0, 0.05) is 26.1 Å². The Balaban J connectivity index is 2.90. The highest BCUT2D eigenvalue weighted by Crippen LogP contribution is 2.16. The van der Waals surface area contributed by atoms with Gasteiger partial charge in [0.25, 0.3) is 0 Å². The molecular weight excluding hydrogens is 232 g/mol. The van der Waals surface area contributed by atoms with Crippen LogP contribution in [0, 0.1) is 5.92 Å². The van der Waals surface area contributed by atoms with E-state index in [4.69, 9.17) is 4.74 Å². The predicted octanol–water partition coefficient (Wildman–Crippen LogP) is 0.783. The lowest BCUT2D eigenvalue weighted by molar-refractivity contribution is -0.137. The molecule has 5 heteroatoms. The third-order valence-corrected chi connectivity index (χ3v) is 3.40. The lowest BCUT2D eigenvalue weighted by atomic mass is 10.0. The molecule has 1 aliphatic rings. The van der Waals surface area contributed by atoms with Gasteiger partial charge in [0.1, 0.15) is 6.04 Å². The van der Waals surface area contributed by atoms with E-state index >= 15 is 0 Å². The Morgan fingerprint density at radius 2 is 2.00 bits per heavy atom. The number of carbonyl (C=O) groups is 2. The number of ether oxygens (including phenoxy) is 1. The molecule has 104 valence electrons. The highest BCUT2D eigenvalue weighted by atomic mass is 16.5. The molecule has 5 nitrogen and oxygen atoms in total. The fourth-order valence-electron chi connectivity index (χ4n) is 2.14. The van der Waals surface area contributed by atoms with Crippen molar-refractivity contribution in [2.45, 2.75) is 52.3 Å². The number of nitrogens with one attached hydrogen (secondary N) is 1. The van der Waals surface area contributed by atoms with Crippen molar-refractivity contribution in [2.75, 3.05) is 13.7 Å². The predicted molar refractivity (Wildman–Crippen MR) is 69.0 cm³/mol. The van der Waals surface area contributed by atoms with Crippen molar-refractivity contribution >= 4 is 11.8 Å². The first-order valence-electron chi connectivity index (χ1n) is 6.49. The molecule has 0 spiro atoms. The Bertz CT molecular complexity index is 317. The quantitative estimate of drug-likeness (QED) is 0.809. The SMILES string of the molecule is COC(C)CN1C(=O)C(C(C)C)NC(=O)CC1C. The molecule has 1 aliphatic heterocycles. The van der Waals surface area contributed by atoms with Crippen LogP contribution in [0.2, 0.25) is 0 Å². The summed E-state index contributed by atoms with van der Waals surface area (Å²) in [4.78, 5) is 25.9. The molecule has 1 N–H and O–H groups in total. The summed E-state index contributed by atoms with van der Waals surface area (Å²) in [5, 5.41) is 2.81. The Labute approximate surface area is 109 Å². The van der Waals surface area contributed by atoms with Crippen LogP contribution in [-0.4, -0.2) is 48.6 Å². The number of hydrogen-bond acceptors (Lipinski definition) is 3. The zero-order chi connectivity index (χ0) is 13.9. The minimum atomic E-state index is -0.425. The topological polar surface area (TPSA) is 58.6 Å². The van der Waals surface area contributed by atoms with Crippen LogP contribution in [0.1, 0.15) is 34.1 Å². The highest BCUT2D eigenvalue weighted by molar-refractivity contribution is 5.90. The van der Waals surface area contributed by atoms with E-state index in [1.165, 1.54) is 0 Å². The normalized spacial score (nSPS) is 27.1. The molecule has 0 radical (unpaired) electrons. The Morgan fingerprint density at radius 1 is 1.39 bits per heavy atom. The van der Waals surface area contributed by atoms with Gasteiger partial charge < -0.3 is 15.0 Å². The number of carbonyl (C=O) groups excluding carboxylic acids is 2. The maximum atomic E-state index is 12.5. The van der Waals surface area contributed by atoms with Crippen LogP contribution < -0.4 is 5.32 Å². The molecule has 0 aromatic carbocycles. The van der Waals surface area contributed by atoms with Crippen molar-refractivity contribution in [2.24, 2.45) is 5.92 Å². The summed E-state index contributed by atoms with van der Waals surface area (Å²) in [6, 6.07) is -0.509. The van der Waals surface area contributed by atoms with Crippen LogP contribution >= 0.6 is 0 Å². The van der Waals surface area contributed by atoms with Gasteiger partial charge >= 0.3 is 0 Å². The minimum absolute atomic E-state index is 0.00718. The first-order valence-corrected chi connectivity index (χ1v) is 6.49. The second kappa shape index (κ2) is 6.18. The van der Waals surface area contributed by atoms with E-state index in [2.05, 4.69) is 5.32 Å². The van der Waals surface area contributed by atoms with Gasteiger partial charge in [0.15, 0.2) is 0 Å². The Hall–Kier alpha value is -1.10. The van der Waals surface area contributed by atoms with Crippen molar-refractivity contribution in [1.82, 2.24) is 10.2 Å². The molecule has 0 bridgehead atoms. The number of rotatable bonds is 4. The van der Waals surface area contributed by atoms with Gasteiger partial charge in [-0.05, 0) is 19.8 Å². The molecule has 0 saturated carbocycles. The van der Waals surface area contributed by atoms with Crippen LogP contribution in [0.5, 0.6) is 0 Å². The van der Waals surface area contributed by atoms with Gasteiger partial charge in [-0.2, -0.15) is 0 Å². The molecule has 2 amide bonds. The van der Waals surface area contributed by atoms with Gasteiger partial charge in [-0.1, -0.05) is 13.8 Å². The van der Waals surface area contributed by atoms with E-state index in [9.17, 15) is 9.59 Å². The average Bonchev–Trinajstić information content (AvgIpc) is 2.39. The standard InChI is InChI=1S/C13H24N2O3/c1-8(2)12-13(17)15(7-10(4)18-5)9(3)6-11(16)14-12/h8-10,12H,6-7H2,1-5H3,(H,14,16). The van der Waals surface area contributed by atoms with Crippen molar-refractivity contribution in [1.29, 1.82) is 0 Å². The van der Waals surface area contributed by atoms with Crippen molar-refractivity contribution in [3.8, 4) is 0 Å². The van der Waals surface area contributed by atoms with E-state index in [1.807, 2.05) is 27.7 Å². The monoisotopic (exact) mass is 256 g/mol. The van der Waals surface area contributed by atoms with Crippen LogP contribution in [-0.2, 0) is 14.3 Å². The lowest BCUT2D eigenvalue weighted by Crippen LogP contribution is -2.50. The van der Waals surface area contributed by atoms with Crippen LogP contribution in [0.15, 0.2) is 0 Å². The Kier molecular flexibility index (Phi) is 5.14. The van der Waals surface area contributed by atoms with E-state index < -0.39 is 6.04 Å². The van der Waals surface area contributed by atoms with Gasteiger partial charge in [0.05, 0.1) is 6.10 Å². The second-order valence-corrected chi connectivity index (χ2v) is 5.38. The first-order chi connectivity index (χ1) is 8.36. The summed E-state index contributed by atoms with van der Waals surface area (Å²) in [6.45, 7) is 8.23. The van der Waals surface area contributed by atoms with Crippen LogP contribution in [0.3, 0.4) is 0 Å². The molecule has 0 aromatic rings. The lowest BCUT2D eigenvalue weighted by Gasteiger charge is -2.31. The van der Waals surface area contributed by atoms with Gasteiger partial charge in [-0.25, -0.2) is 0 Å². The molecule has 0 aliphatic carbocycles. The summed E-state index contributed by atoms with van der Waals surface area (Å²) >= 11 is 0. The fourth-order valence-corrected chi connectivity index (χ4v) is 2.14. The number of nitrogens with zero attached hydrogens (tertiary/aromatic N) is 1. The molecule has 18 heavy (non-hydrogen) atoms. The average molecular weight is 256 g/mol. The number of amides is 2. The number of hydrogen-bond donors (Lipinski definition) is 1. The molecular formula is C13H24N2O3. The van der Waals surface area contributed by atoms with E-state index in [-0.39, 0.29) is 29.9 Å². The van der Waals surface area contributed by atoms with E-state index in [0.717, 1.165) is 0 Å². The van der Waals surface area contributed by atoms with Gasteiger partial charge in [0.2, 0.25) is 11.8 Å². The second-order valence-electron chi connectivity index (χ2n) is 5.38. The van der Waals surface area contributed by atoms with Gasteiger partial charge in [-0.3, -0.25) is 9.59 Å². The van der Waals surface area contributed by atoms with E-state index in [0.29, 0.717) is 13.0 Å². The molecule has 1 rings (SSSR count). The summed E-state index contributed by atoms with van der Waals surface area (Å²) in [7, 11) is 1.63. The smallest absolute Gasteiger partial charge is 0.245 e. The molecule has 1 saturated heterocycles.